The molecule has 0 atom stereocenters. The lowest BCUT2D eigenvalue weighted by atomic mass is 9.96. The van der Waals surface area contributed by atoms with E-state index in [1.165, 1.54) is 27.3 Å². The van der Waals surface area contributed by atoms with Crippen LogP contribution in [0.5, 0.6) is 0 Å². The van der Waals surface area contributed by atoms with Crippen LogP contribution in [0.4, 0.5) is 0 Å². The molecule has 0 amide bonds. The Morgan fingerprint density at radius 3 is 2.24 bits per heavy atom. The zero-order valence-corrected chi connectivity index (χ0v) is 11.9. The van der Waals surface area contributed by atoms with E-state index in [4.69, 9.17) is 4.98 Å². The number of pyridine rings is 1. The van der Waals surface area contributed by atoms with Crippen LogP contribution in [0.2, 0.25) is 0 Å². The molecule has 1 heteroatoms. The van der Waals surface area contributed by atoms with E-state index < -0.39 is 0 Å². The predicted octanol–water partition coefficient (Wildman–Crippen LogP) is 5.36. The van der Waals surface area contributed by atoms with E-state index in [1.54, 1.807) is 0 Å². The zero-order valence-electron chi connectivity index (χ0n) is 11.9. The fourth-order valence-corrected chi connectivity index (χ4v) is 2.92. The van der Waals surface area contributed by atoms with Crippen molar-refractivity contribution < 1.29 is 0 Å². The first-order chi connectivity index (χ1) is 10.3. The number of nitrogens with zero attached hydrogens (tertiary/aromatic N) is 1. The lowest BCUT2D eigenvalue weighted by molar-refractivity contribution is 1.26. The standard InChI is InChI=1S/C20H15N/c1-14-12-13-16-8-5-11-19(20(16)21-14)18-10-4-7-15-6-2-3-9-17(15)18/h2-13H,1H3. The van der Waals surface area contributed by atoms with E-state index in [1.807, 2.05) is 6.92 Å². The first-order valence-corrected chi connectivity index (χ1v) is 7.17. The molecule has 4 rings (SSSR count). The molecule has 3 aromatic carbocycles. The Hall–Kier alpha value is -2.67. The van der Waals surface area contributed by atoms with Gasteiger partial charge in [-0.2, -0.15) is 0 Å². The number of aromatic nitrogens is 1. The van der Waals surface area contributed by atoms with Gasteiger partial charge in [0.1, 0.15) is 0 Å². The largest absolute Gasteiger partial charge is 0.252 e. The topological polar surface area (TPSA) is 12.9 Å². The van der Waals surface area contributed by atoms with Gasteiger partial charge in [0.2, 0.25) is 0 Å². The first-order valence-electron chi connectivity index (χ1n) is 7.17. The van der Waals surface area contributed by atoms with E-state index in [0.29, 0.717) is 0 Å². The second kappa shape index (κ2) is 4.71. The van der Waals surface area contributed by atoms with Crippen LogP contribution >= 0.6 is 0 Å². The van der Waals surface area contributed by atoms with E-state index in [-0.39, 0.29) is 0 Å². The van der Waals surface area contributed by atoms with Gasteiger partial charge in [0, 0.05) is 16.6 Å². The minimum Gasteiger partial charge on any atom is -0.252 e. The lowest BCUT2D eigenvalue weighted by Crippen LogP contribution is -1.88. The molecule has 0 unspecified atom stereocenters. The van der Waals surface area contributed by atoms with Crippen LogP contribution < -0.4 is 0 Å². The highest BCUT2D eigenvalue weighted by molar-refractivity contribution is 6.03. The molecule has 0 saturated heterocycles. The second-order valence-electron chi connectivity index (χ2n) is 5.36. The van der Waals surface area contributed by atoms with Crippen LogP contribution in [-0.4, -0.2) is 4.98 Å². The van der Waals surface area contributed by atoms with Crippen molar-refractivity contribution in [3.05, 3.63) is 78.5 Å². The summed E-state index contributed by atoms with van der Waals surface area (Å²) in [5.74, 6) is 0. The maximum atomic E-state index is 4.76. The monoisotopic (exact) mass is 269 g/mol. The van der Waals surface area contributed by atoms with Gasteiger partial charge in [0.05, 0.1) is 5.52 Å². The van der Waals surface area contributed by atoms with Crippen LogP contribution in [0.25, 0.3) is 32.8 Å². The molecule has 0 saturated carbocycles. The smallest absolute Gasteiger partial charge is 0.0783 e. The maximum absolute atomic E-state index is 4.76. The molecule has 4 aromatic rings. The third kappa shape index (κ3) is 1.98. The van der Waals surface area contributed by atoms with E-state index in [2.05, 4.69) is 72.8 Å². The van der Waals surface area contributed by atoms with Gasteiger partial charge in [-0.25, -0.2) is 0 Å². The SMILES string of the molecule is Cc1ccc2cccc(-c3cccc4ccccc34)c2n1. The molecule has 0 aliphatic carbocycles. The van der Waals surface area contributed by atoms with Crippen molar-refractivity contribution in [3.8, 4) is 11.1 Å². The molecule has 0 N–H and O–H groups in total. The van der Waals surface area contributed by atoms with E-state index in [0.717, 1.165) is 11.2 Å². The van der Waals surface area contributed by atoms with Crippen molar-refractivity contribution in [1.29, 1.82) is 0 Å². The lowest BCUT2D eigenvalue weighted by Gasteiger charge is -2.10. The molecule has 0 aliphatic heterocycles. The average Bonchev–Trinajstić information content (AvgIpc) is 2.54. The van der Waals surface area contributed by atoms with Crippen LogP contribution in [0.3, 0.4) is 0 Å². The molecule has 0 aliphatic rings. The number of rotatable bonds is 1. The number of fused-ring (bicyclic) bond motifs is 2. The minimum atomic E-state index is 1.05. The normalized spacial score (nSPS) is 11.1. The summed E-state index contributed by atoms with van der Waals surface area (Å²) in [6, 6.07) is 25.6. The Balaban J connectivity index is 2.12. The van der Waals surface area contributed by atoms with Crippen LogP contribution in [-0.2, 0) is 0 Å². The molecule has 100 valence electrons. The molecule has 0 spiro atoms. The molecular formula is C20H15N. The summed E-state index contributed by atoms with van der Waals surface area (Å²) in [6.07, 6.45) is 0. The molecule has 21 heavy (non-hydrogen) atoms. The predicted molar refractivity (Wildman–Crippen MR) is 89.4 cm³/mol. The van der Waals surface area contributed by atoms with E-state index >= 15 is 0 Å². The third-order valence-electron chi connectivity index (χ3n) is 3.94. The molecule has 0 radical (unpaired) electrons. The number of hydrogen-bond acceptors (Lipinski definition) is 1. The van der Waals surface area contributed by atoms with Crippen LogP contribution in [0.1, 0.15) is 5.69 Å². The molecular weight excluding hydrogens is 254 g/mol. The van der Waals surface area contributed by atoms with Crippen molar-refractivity contribution in [1.82, 2.24) is 4.98 Å². The Morgan fingerprint density at radius 2 is 1.33 bits per heavy atom. The van der Waals surface area contributed by atoms with Gasteiger partial charge in [0.15, 0.2) is 0 Å². The summed E-state index contributed by atoms with van der Waals surface area (Å²) >= 11 is 0. The Kier molecular flexibility index (Phi) is 2.71. The number of benzene rings is 3. The van der Waals surface area contributed by atoms with Crippen molar-refractivity contribution in [2.45, 2.75) is 6.92 Å². The second-order valence-corrected chi connectivity index (χ2v) is 5.36. The summed E-state index contributed by atoms with van der Waals surface area (Å²) < 4.78 is 0. The van der Waals surface area contributed by atoms with E-state index in [9.17, 15) is 0 Å². The van der Waals surface area contributed by atoms with Gasteiger partial charge in [-0.1, -0.05) is 66.7 Å². The highest BCUT2D eigenvalue weighted by atomic mass is 14.7. The van der Waals surface area contributed by atoms with Crippen molar-refractivity contribution in [3.63, 3.8) is 0 Å². The molecule has 1 heterocycles. The molecule has 1 nitrogen and oxygen atoms in total. The number of aryl methyl sites for hydroxylation is 1. The van der Waals surface area contributed by atoms with Crippen LogP contribution in [0.15, 0.2) is 72.8 Å². The van der Waals surface area contributed by atoms with Crippen molar-refractivity contribution in [2.24, 2.45) is 0 Å². The molecule has 0 fully saturated rings. The average molecular weight is 269 g/mol. The summed E-state index contributed by atoms with van der Waals surface area (Å²) in [4.78, 5) is 4.76. The summed E-state index contributed by atoms with van der Waals surface area (Å²) in [5, 5.41) is 3.72. The summed E-state index contributed by atoms with van der Waals surface area (Å²) in [7, 11) is 0. The van der Waals surface area contributed by atoms with Crippen LogP contribution in [0, 0.1) is 6.92 Å². The van der Waals surface area contributed by atoms with Gasteiger partial charge in [-0.05, 0) is 29.3 Å². The zero-order chi connectivity index (χ0) is 14.2. The highest BCUT2D eigenvalue weighted by Gasteiger charge is 2.08. The fraction of sp³-hybridized carbons (Fsp3) is 0.0500. The third-order valence-corrected chi connectivity index (χ3v) is 3.94. The molecule has 0 bridgehead atoms. The Morgan fingerprint density at radius 1 is 0.619 bits per heavy atom. The quantitative estimate of drug-likeness (QED) is 0.453. The summed E-state index contributed by atoms with van der Waals surface area (Å²) in [5.41, 5.74) is 4.58. The van der Waals surface area contributed by atoms with Gasteiger partial charge < -0.3 is 0 Å². The Labute approximate surface area is 123 Å². The van der Waals surface area contributed by atoms with Gasteiger partial charge in [-0.3, -0.25) is 4.98 Å². The van der Waals surface area contributed by atoms with Crippen molar-refractivity contribution >= 4 is 21.7 Å². The Bertz CT molecular complexity index is 949. The fourth-order valence-electron chi connectivity index (χ4n) is 2.92. The number of hydrogen-bond donors (Lipinski definition) is 0. The highest BCUT2D eigenvalue weighted by Crippen LogP contribution is 2.32. The summed E-state index contributed by atoms with van der Waals surface area (Å²) in [6.45, 7) is 2.04. The molecule has 1 aromatic heterocycles. The van der Waals surface area contributed by atoms with Crippen molar-refractivity contribution in [2.75, 3.05) is 0 Å². The minimum absolute atomic E-state index is 1.05. The number of para-hydroxylation sites is 1. The van der Waals surface area contributed by atoms with Gasteiger partial charge >= 0.3 is 0 Å². The maximum Gasteiger partial charge on any atom is 0.0783 e. The van der Waals surface area contributed by atoms with Gasteiger partial charge in [-0.15, -0.1) is 0 Å². The first kappa shape index (κ1) is 12.1. The van der Waals surface area contributed by atoms with Gasteiger partial charge in [0.25, 0.3) is 0 Å².